The van der Waals surface area contributed by atoms with Crippen molar-refractivity contribution in [2.24, 2.45) is 11.8 Å². The Morgan fingerprint density at radius 1 is 1.18 bits per heavy atom. The minimum atomic E-state index is 0.468. The lowest BCUT2D eigenvalue weighted by molar-refractivity contribution is 0.420. The van der Waals surface area contributed by atoms with Crippen LogP contribution in [0.5, 0.6) is 0 Å². The lowest BCUT2D eigenvalue weighted by Crippen LogP contribution is -1.99. The van der Waals surface area contributed by atoms with E-state index in [4.69, 9.17) is 6.42 Å². The summed E-state index contributed by atoms with van der Waals surface area (Å²) in [7, 11) is 0. The highest BCUT2D eigenvalue weighted by atomic mass is 14.1. The third kappa shape index (κ3) is 4.90. The first-order valence-corrected chi connectivity index (χ1v) is 4.70. The molecule has 0 saturated carbocycles. The molecule has 0 spiro atoms. The van der Waals surface area contributed by atoms with Crippen LogP contribution >= 0.6 is 0 Å². The second kappa shape index (κ2) is 6.28. The Kier molecular flexibility index (Phi) is 6.03. The van der Waals surface area contributed by atoms with Crippen LogP contribution in [-0.2, 0) is 0 Å². The lowest BCUT2D eigenvalue weighted by atomic mass is 9.93. The Hall–Kier alpha value is -0.440. The summed E-state index contributed by atoms with van der Waals surface area (Å²) in [6.45, 7) is 6.64. The third-order valence-corrected chi connectivity index (χ3v) is 2.45. The predicted molar refractivity (Wildman–Crippen MR) is 51.3 cm³/mol. The summed E-state index contributed by atoms with van der Waals surface area (Å²) >= 11 is 0. The highest BCUT2D eigenvalue weighted by molar-refractivity contribution is 4.90. The Morgan fingerprint density at radius 2 is 1.73 bits per heavy atom. The molecule has 0 aliphatic heterocycles. The van der Waals surface area contributed by atoms with Gasteiger partial charge in [0.1, 0.15) is 0 Å². The molecule has 0 radical (unpaired) electrons. The van der Waals surface area contributed by atoms with Crippen molar-refractivity contribution in [1.29, 1.82) is 0 Å². The fourth-order valence-electron chi connectivity index (χ4n) is 1.27. The van der Waals surface area contributed by atoms with Crippen molar-refractivity contribution < 1.29 is 0 Å². The summed E-state index contributed by atoms with van der Waals surface area (Å²) in [5.41, 5.74) is 0. The second-order valence-corrected chi connectivity index (χ2v) is 3.33. The number of rotatable bonds is 5. The first-order chi connectivity index (χ1) is 5.24. The van der Waals surface area contributed by atoms with Crippen LogP contribution in [0.4, 0.5) is 0 Å². The van der Waals surface area contributed by atoms with E-state index < -0.39 is 0 Å². The zero-order valence-corrected chi connectivity index (χ0v) is 8.06. The van der Waals surface area contributed by atoms with Gasteiger partial charge < -0.3 is 0 Å². The van der Waals surface area contributed by atoms with E-state index in [9.17, 15) is 0 Å². The maximum absolute atomic E-state index is 5.29. The van der Waals surface area contributed by atoms with E-state index in [0.29, 0.717) is 5.92 Å². The second-order valence-electron chi connectivity index (χ2n) is 3.33. The Labute approximate surface area is 71.4 Å². The van der Waals surface area contributed by atoms with E-state index >= 15 is 0 Å². The third-order valence-electron chi connectivity index (χ3n) is 2.45. The maximum Gasteiger partial charge on any atom is 0.0172 e. The Balaban J connectivity index is 3.44. The van der Waals surface area contributed by atoms with E-state index in [1.54, 1.807) is 0 Å². The largest absolute Gasteiger partial charge is 0.120 e. The van der Waals surface area contributed by atoms with Crippen LogP contribution in [0.1, 0.15) is 46.5 Å². The smallest absolute Gasteiger partial charge is 0.0172 e. The van der Waals surface area contributed by atoms with Crippen molar-refractivity contribution in [2.45, 2.75) is 46.5 Å². The molecule has 1 unspecified atom stereocenters. The molecule has 11 heavy (non-hydrogen) atoms. The van der Waals surface area contributed by atoms with Gasteiger partial charge in [0, 0.05) is 5.92 Å². The lowest BCUT2D eigenvalue weighted by Gasteiger charge is -2.12. The fourth-order valence-corrected chi connectivity index (χ4v) is 1.27. The molecule has 0 aliphatic rings. The summed E-state index contributed by atoms with van der Waals surface area (Å²) in [6.07, 6.45) is 10.4. The van der Waals surface area contributed by atoms with E-state index in [1.165, 1.54) is 25.7 Å². The van der Waals surface area contributed by atoms with Crippen LogP contribution in [0.2, 0.25) is 0 Å². The zero-order valence-electron chi connectivity index (χ0n) is 8.06. The molecule has 0 bridgehead atoms. The molecule has 0 aromatic carbocycles. The average molecular weight is 152 g/mol. The van der Waals surface area contributed by atoms with Gasteiger partial charge in [-0.15, -0.1) is 12.3 Å². The van der Waals surface area contributed by atoms with Gasteiger partial charge in [-0.3, -0.25) is 0 Å². The highest BCUT2D eigenvalue weighted by Gasteiger charge is 2.04. The van der Waals surface area contributed by atoms with Crippen molar-refractivity contribution in [1.82, 2.24) is 0 Å². The minimum Gasteiger partial charge on any atom is -0.120 e. The molecular weight excluding hydrogens is 132 g/mol. The van der Waals surface area contributed by atoms with Crippen LogP contribution in [0.3, 0.4) is 0 Å². The first kappa shape index (κ1) is 10.6. The molecule has 0 rings (SSSR count). The fraction of sp³-hybridized carbons (Fsp3) is 0.818. The predicted octanol–water partition coefficient (Wildman–Crippen LogP) is 3.47. The van der Waals surface area contributed by atoms with E-state index in [2.05, 4.69) is 26.7 Å². The summed E-state index contributed by atoms with van der Waals surface area (Å²) < 4.78 is 0. The number of hydrogen-bond donors (Lipinski definition) is 0. The van der Waals surface area contributed by atoms with Crippen molar-refractivity contribution in [2.75, 3.05) is 0 Å². The highest BCUT2D eigenvalue weighted by Crippen LogP contribution is 2.17. The molecule has 0 heteroatoms. The molecule has 1 atom stereocenters. The SMILES string of the molecule is C#CC(C)CCC(CC)CC. The standard InChI is InChI=1S/C11H20/c1-5-10(4)8-9-11(6-2)7-3/h1,10-11H,6-9H2,2-4H3. The average Bonchev–Trinajstić information content (AvgIpc) is 2.06. The molecule has 0 heterocycles. The van der Waals surface area contributed by atoms with Crippen LogP contribution in [0.15, 0.2) is 0 Å². The van der Waals surface area contributed by atoms with Crippen molar-refractivity contribution in [3.8, 4) is 12.3 Å². The molecular formula is C11H20. The normalized spacial score (nSPS) is 13.0. The van der Waals surface area contributed by atoms with Gasteiger partial charge >= 0.3 is 0 Å². The van der Waals surface area contributed by atoms with Gasteiger partial charge in [0.05, 0.1) is 0 Å². The maximum atomic E-state index is 5.29. The van der Waals surface area contributed by atoms with Gasteiger partial charge in [-0.2, -0.15) is 0 Å². The van der Waals surface area contributed by atoms with E-state index in [1.807, 2.05) is 0 Å². The van der Waals surface area contributed by atoms with Gasteiger partial charge in [0.2, 0.25) is 0 Å². The number of hydrogen-bond acceptors (Lipinski definition) is 0. The number of terminal acetylenes is 1. The van der Waals surface area contributed by atoms with E-state index in [0.717, 1.165) is 5.92 Å². The summed E-state index contributed by atoms with van der Waals surface area (Å²) in [5, 5.41) is 0. The van der Waals surface area contributed by atoms with Crippen molar-refractivity contribution in [3.05, 3.63) is 0 Å². The van der Waals surface area contributed by atoms with Gasteiger partial charge in [-0.1, -0.05) is 33.6 Å². The molecule has 0 N–H and O–H groups in total. The van der Waals surface area contributed by atoms with E-state index in [-0.39, 0.29) is 0 Å². The van der Waals surface area contributed by atoms with Gasteiger partial charge in [0.15, 0.2) is 0 Å². The van der Waals surface area contributed by atoms with Crippen molar-refractivity contribution in [3.63, 3.8) is 0 Å². The van der Waals surface area contributed by atoms with Crippen molar-refractivity contribution >= 4 is 0 Å². The van der Waals surface area contributed by atoms with Gasteiger partial charge in [-0.05, 0) is 18.8 Å². The Morgan fingerprint density at radius 3 is 2.09 bits per heavy atom. The topological polar surface area (TPSA) is 0 Å². The molecule has 0 aromatic heterocycles. The quantitative estimate of drug-likeness (QED) is 0.529. The van der Waals surface area contributed by atoms with Gasteiger partial charge in [-0.25, -0.2) is 0 Å². The van der Waals surface area contributed by atoms with Crippen LogP contribution < -0.4 is 0 Å². The zero-order chi connectivity index (χ0) is 8.69. The molecule has 0 nitrogen and oxygen atoms in total. The first-order valence-electron chi connectivity index (χ1n) is 4.70. The molecule has 0 aromatic rings. The molecule has 64 valence electrons. The van der Waals surface area contributed by atoms with Crippen LogP contribution in [-0.4, -0.2) is 0 Å². The Bertz CT molecular complexity index is 114. The van der Waals surface area contributed by atoms with Crippen LogP contribution in [0.25, 0.3) is 0 Å². The van der Waals surface area contributed by atoms with Crippen LogP contribution in [0, 0.1) is 24.2 Å². The molecule has 0 saturated heterocycles. The molecule has 0 fully saturated rings. The summed E-state index contributed by atoms with van der Waals surface area (Å²) in [4.78, 5) is 0. The molecule has 0 amide bonds. The molecule has 0 aliphatic carbocycles. The van der Waals surface area contributed by atoms with Gasteiger partial charge in [0.25, 0.3) is 0 Å². The summed E-state index contributed by atoms with van der Waals surface area (Å²) in [5.74, 6) is 4.13. The monoisotopic (exact) mass is 152 g/mol. The minimum absolute atomic E-state index is 0.468. The summed E-state index contributed by atoms with van der Waals surface area (Å²) in [6, 6.07) is 0.